The smallest absolute Gasteiger partial charge is 0.0189 e. The van der Waals surface area contributed by atoms with E-state index >= 15 is 0 Å². The molecule has 0 spiro atoms. The van der Waals surface area contributed by atoms with Crippen molar-refractivity contribution in [3.8, 4) is 0 Å². The van der Waals surface area contributed by atoms with E-state index < -0.39 is 0 Å². The molecule has 0 aliphatic rings. The molecule has 0 rings (SSSR count). The highest BCUT2D eigenvalue weighted by molar-refractivity contribution is 4.66. The first-order chi connectivity index (χ1) is 6.60. The fraction of sp³-hybridized carbons (Fsp3) is 1.00. The van der Waals surface area contributed by atoms with Crippen molar-refractivity contribution in [3.05, 3.63) is 0 Å². The van der Waals surface area contributed by atoms with Crippen molar-refractivity contribution in [2.24, 2.45) is 0 Å². The Labute approximate surface area is 89.5 Å². The minimum absolute atomic E-state index is 0.638. The van der Waals surface area contributed by atoms with Gasteiger partial charge in [-0.2, -0.15) is 0 Å². The molecule has 1 N–H and O–H groups in total. The van der Waals surface area contributed by atoms with Crippen LogP contribution in [0.2, 0.25) is 0 Å². The molecule has 0 fully saturated rings. The molecule has 0 bridgehead atoms. The third-order valence-corrected chi connectivity index (χ3v) is 2.58. The Kier molecular flexibility index (Phi) is 8.14. The summed E-state index contributed by atoms with van der Waals surface area (Å²) >= 11 is 0. The van der Waals surface area contributed by atoms with Crippen LogP contribution < -0.4 is 5.32 Å². The van der Waals surface area contributed by atoms with Crippen molar-refractivity contribution in [1.29, 1.82) is 0 Å². The van der Waals surface area contributed by atoms with Crippen LogP contribution >= 0.6 is 0 Å². The second-order valence-electron chi connectivity index (χ2n) is 4.31. The van der Waals surface area contributed by atoms with Crippen LogP contribution in [0, 0.1) is 0 Å². The Morgan fingerprint density at radius 2 is 1.79 bits per heavy atom. The Bertz CT molecular complexity index is 122. The number of rotatable bonds is 8. The molecule has 0 aromatic carbocycles. The maximum Gasteiger partial charge on any atom is 0.0189 e. The molecule has 0 aliphatic carbocycles. The van der Waals surface area contributed by atoms with Crippen LogP contribution in [0.3, 0.4) is 0 Å². The lowest BCUT2D eigenvalue weighted by molar-refractivity contribution is 0.271. The molecule has 0 radical (unpaired) electrons. The van der Waals surface area contributed by atoms with Crippen LogP contribution in [0.1, 0.15) is 19.8 Å². The van der Waals surface area contributed by atoms with E-state index in [2.05, 4.69) is 43.2 Å². The molecule has 0 aromatic rings. The first kappa shape index (κ1) is 13.9. The SMILES string of the molecule is CCC(CN(C)CCCN(C)C)NC. The van der Waals surface area contributed by atoms with Crippen molar-refractivity contribution in [2.45, 2.75) is 25.8 Å². The van der Waals surface area contributed by atoms with Gasteiger partial charge in [-0.1, -0.05) is 6.92 Å². The van der Waals surface area contributed by atoms with Gasteiger partial charge >= 0.3 is 0 Å². The van der Waals surface area contributed by atoms with Gasteiger partial charge in [-0.25, -0.2) is 0 Å². The van der Waals surface area contributed by atoms with Crippen molar-refractivity contribution in [3.63, 3.8) is 0 Å². The van der Waals surface area contributed by atoms with Crippen molar-refractivity contribution in [2.75, 3.05) is 47.8 Å². The van der Waals surface area contributed by atoms with E-state index in [-0.39, 0.29) is 0 Å². The predicted octanol–water partition coefficient (Wildman–Crippen LogP) is 0.868. The highest BCUT2D eigenvalue weighted by atomic mass is 15.1. The summed E-state index contributed by atoms with van der Waals surface area (Å²) in [5, 5.41) is 3.33. The van der Waals surface area contributed by atoms with E-state index in [1.807, 2.05) is 7.05 Å². The number of nitrogens with one attached hydrogen (secondary N) is 1. The Hall–Kier alpha value is -0.120. The monoisotopic (exact) mass is 201 g/mol. The molecule has 0 saturated heterocycles. The fourth-order valence-corrected chi connectivity index (χ4v) is 1.55. The zero-order valence-electron chi connectivity index (χ0n) is 10.5. The van der Waals surface area contributed by atoms with Gasteiger partial charge in [-0.15, -0.1) is 0 Å². The molecule has 0 saturated carbocycles. The molecule has 14 heavy (non-hydrogen) atoms. The molecular formula is C11H27N3. The second kappa shape index (κ2) is 8.21. The van der Waals surface area contributed by atoms with Crippen LogP contribution in [0.15, 0.2) is 0 Å². The van der Waals surface area contributed by atoms with Gasteiger partial charge in [0.25, 0.3) is 0 Å². The zero-order chi connectivity index (χ0) is 11.0. The zero-order valence-corrected chi connectivity index (χ0v) is 10.5. The van der Waals surface area contributed by atoms with E-state index in [0.717, 1.165) is 6.54 Å². The largest absolute Gasteiger partial charge is 0.316 e. The molecule has 1 atom stereocenters. The van der Waals surface area contributed by atoms with E-state index in [1.54, 1.807) is 0 Å². The maximum atomic E-state index is 3.33. The lowest BCUT2D eigenvalue weighted by Crippen LogP contribution is -2.38. The number of likely N-dealkylation sites (N-methyl/N-ethyl adjacent to an activating group) is 2. The van der Waals surface area contributed by atoms with Gasteiger partial charge in [-0.3, -0.25) is 0 Å². The number of nitrogens with zero attached hydrogens (tertiary/aromatic N) is 2. The van der Waals surface area contributed by atoms with Crippen LogP contribution in [0.5, 0.6) is 0 Å². The average molecular weight is 201 g/mol. The third-order valence-electron chi connectivity index (χ3n) is 2.58. The molecule has 1 unspecified atom stereocenters. The topological polar surface area (TPSA) is 18.5 Å². The summed E-state index contributed by atoms with van der Waals surface area (Å²) in [6.07, 6.45) is 2.46. The summed E-state index contributed by atoms with van der Waals surface area (Å²) in [5.41, 5.74) is 0. The lowest BCUT2D eigenvalue weighted by atomic mass is 10.2. The van der Waals surface area contributed by atoms with Crippen LogP contribution in [-0.2, 0) is 0 Å². The predicted molar refractivity (Wildman–Crippen MR) is 63.8 cm³/mol. The molecule has 0 aliphatic heterocycles. The molecule has 0 heterocycles. The van der Waals surface area contributed by atoms with Crippen LogP contribution in [-0.4, -0.2) is 63.7 Å². The highest BCUT2D eigenvalue weighted by Crippen LogP contribution is 1.95. The van der Waals surface area contributed by atoms with Crippen LogP contribution in [0.25, 0.3) is 0 Å². The molecule has 86 valence electrons. The summed E-state index contributed by atoms with van der Waals surface area (Å²) in [6, 6.07) is 0.638. The van der Waals surface area contributed by atoms with Crippen molar-refractivity contribution < 1.29 is 0 Å². The standard InChI is InChI=1S/C11H27N3/c1-6-11(12-2)10-14(5)9-7-8-13(3)4/h11-12H,6-10H2,1-5H3. The molecule has 3 nitrogen and oxygen atoms in total. The van der Waals surface area contributed by atoms with Crippen molar-refractivity contribution >= 4 is 0 Å². The van der Waals surface area contributed by atoms with Crippen LogP contribution in [0.4, 0.5) is 0 Å². The Morgan fingerprint density at radius 3 is 2.21 bits per heavy atom. The molecule has 3 heteroatoms. The van der Waals surface area contributed by atoms with Gasteiger partial charge in [-0.05, 0) is 54.1 Å². The minimum Gasteiger partial charge on any atom is -0.316 e. The summed E-state index contributed by atoms with van der Waals surface area (Å²) in [4.78, 5) is 4.65. The van der Waals surface area contributed by atoms with E-state index in [0.29, 0.717) is 6.04 Å². The first-order valence-electron chi connectivity index (χ1n) is 5.60. The molecule has 0 amide bonds. The van der Waals surface area contributed by atoms with E-state index in [4.69, 9.17) is 0 Å². The van der Waals surface area contributed by atoms with Gasteiger partial charge in [0.1, 0.15) is 0 Å². The Morgan fingerprint density at radius 1 is 1.14 bits per heavy atom. The van der Waals surface area contributed by atoms with E-state index in [9.17, 15) is 0 Å². The van der Waals surface area contributed by atoms with Crippen molar-refractivity contribution in [1.82, 2.24) is 15.1 Å². The lowest BCUT2D eigenvalue weighted by Gasteiger charge is -2.23. The fourth-order valence-electron chi connectivity index (χ4n) is 1.55. The second-order valence-corrected chi connectivity index (χ2v) is 4.31. The minimum atomic E-state index is 0.638. The van der Waals surface area contributed by atoms with E-state index in [1.165, 1.54) is 25.9 Å². The average Bonchev–Trinajstić information content (AvgIpc) is 2.13. The first-order valence-corrected chi connectivity index (χ1v) is 5.60. The van der Waals surface area contributed by atoms with Gasteiger partial charge in [0.2, 0.25) is 0 Å². The molecular weight excluding hydrogens is 174 g/mol. The summed E-state index contributed by atoms with van der Waals surface area (Å²) in [5.74, 6) is 0. The number of hydrogen-bond donors (Lipinski definition) is 1. The normalized spacial score (nSPS) is 13.9. The number of hydrogen-bond acceptors (Lipinski definition) is 3. The van der Waals surface area contributed by atoms with Gasteiger partial charge in [0.05, 0.1) is 0 Å². The third kappa shape index (κ3) is 7.30. The maximum absolute atomic E-state index is 3.33. The molecule has 0 aromatic heterocycles. The van der Waals surface area contributed by atoms with Gasteiger partial charge in [0, 0.05) is 12.6 Å². The van der Waals surface area contributed by atoms with Gasteiger partial charge in [0.15, 0.2) is 0 Å². The highest BCUT2D eigenvalue weighted by Gasteiger charge is 2.06. The summed E-state index contributed by atoms with van der Waals surface area (Å²) < 4.78 is 0. The quantitative estimate of drug-likeness (QED) is 0.628. The van der Waals surface area contributed by atoms with Gasteiger partial charge < -0.3 is 15.1 Å². The summed E-state index contributed by atoms with van der Waals surface area (Å²) in [7, 11) is 8.50. The Balaban J connectivity index is 3.48. The summed E-state index contributed by atoms with van der Waals surface area (Å²) in [6.45, 7) is 5.76.